The molecule has 0 unspecified atom stereocenters. The monoisotopic (exact) mass is 316 g/mol. The summed E-state index contributed by atoms with van der Waals surface area (Å²) in [6, 6.07) is 14.7. The third-order valence-electron chi connectivity index (χ3n) is 2.88. The Hall–Kier alpha value is -2.60. The first-order valence-corrected chi connectivity index (χ1v) is 7.04. The molecule has 0 radical (unpaired) electrons. The summed E-state index contributed by atoms with van der Waals surface area (Å²) in [5.74, 6) is 1.53. The molecule has 0 fully saturated rings. The van der Waals surface area contributed by atoms with Gasteiger partial charge >= 0.3 is 0 Å². The first kappa shape index (κ1) is 14.3. The van der Waals surface area contributed by atoms with Gasteiger partial charge in [0.25, 0.3) is 0 Å². The molecule has 0 amide bonds. The van der Waals surface area contributed by atoms with Crippen molar-refractivity contribution in [2.45, 2.75) is 0 Å². The van der Waals surface area contributed by atoms with Crippen molar-refractivity contribution in [3.8, 4) is 17.2 Å². The molecule has 0 saturated carbocycles. The van der Waals surface area contributed by atoms with Gasteiger partial charge in [-0.3, -0.25) is 0 Å². The molecule has 1 heterocycles. The number of nitrogens with zero attached hydrogens (tertiary/aromatic N) is 4. The Morgan fingerprint density at radius 3 is 2.00 bits per heavy atom. The second-order valence-electron chi connectivity index (χ2n) is 4.40. The summed E-state index contributed by atoms with van der Waals surface area (Å²) in [6.45, 7) is 0.906. The largest absolute Gasteiger partial charge is 0.490 e. The Labute approximate surface area is 132 Å². The molecule has 3 rings (SSSR count). The van der Waals surface area contributed by atoms with Crippen molar-refractivity contribution in [3.05, 3.63) is 59.9 Å². The normalized spacial score (nSPS) is 10.4. The smallest absolute Gasteiger partial charge is 0.143 e. The summed E-state index contributed by atoms with van der Waals surface area (Å²) in [5.41, 5.74) is 0.870. The molecule has 2 aromatic carbocycles. The number of halogens is 1. The molecule has 0 aliphatic rings. The zero-order valence-electron chi connectivity index (χ0n) is 11.6. The van der Waals surface area contributed by atoms with E-state index in [1.165, 1.54) is 6.33 Å². The lowest BCUT2D eigenvalue weighted by Crippen LogP contribution is -2.09. The van der Waals surface area contributed by atoms with Crippen LogP contribution in [0.25, 0.3) is 5.69 Å². The summed E-state index contributed by atoms with van der Waals surface area (Å²) in [5, 5.41) is 11.7. The maximum atomic E-state index is 5.81. The van der Waals surface area contributed by atoms with Crippen molar-refractivity contribution < 1.29 is 9.47 Å². The zero-order chi connectivity index (χ0) is 15.2. The molecule has 0 saturated heterocycles. The molecule has 1 aromatic heterocycles. The third-order valence-corrected chi connectivity index (χ3v) is 3.14. The molecule has 112 valence electrons. The Morgan fingerprint density at radius 2 is 1.45 bits per heavy atom. The van der Waals surface area contributed by atoms with Crippen molar-refractivity contribution in [3.63, 3.8) is 0 Å². The maximum Gasteiger partial charge on any atom is 0.143 e. The van der Waals surface area contributed by atoms with Crippen molar-refractivity contribution in [2.75, 3.05) is 13.2 Å². The van der Waals surface area contributed by atoms with E-state index in [9.17, 15) is 0 Å². The lowest BCUT2D eigenvalue weighted by atomic mass is 10.3. The van der Waals surface area contributed by atoms with E-state index in [4.69, 9.17) is 21.1 Å². The van der Waals surface area contributed by atoms with Gasteiger partial charge in [0, 0.05) is 5.02 Å². The number of hydrogen-bond acceptors (Lipinski definition) is 5. The van der Waals surface area contributed by atoms with Gasteiger partial charge in [0.1, 0.15) is 31.0 Å². The first-order chi connectivity index (χ1) is 10.8. The van der Waals surface area contributed by atoms with Crippen LogP contribution in [0.15, 0.2) is 54.9 Å². The molecule has 0 aliphatic heterocycles. The standard InChI is InChI=1S/C15H13ClN4O2/c16-12-1-5-14(6-2-12)21-9-10-22-15-7-3-13(4-8-15)20-11-17-18-19-20/h1-8,11H,9-10H2. The number of tetrazole rings is 1. The van der Waals surface area contributed by atoms with Crippen LogP contribution in [0, 0.1) is 0 Å². The summed E-state index contributed by atoms with van der Waals surface area (Å²) >= 11 is 5.81. The van der Waals surface area contributed by atoms with Crippen LogP contribution in [0.5, 0.6) is 11.5 Å². The average molecular weight is 317 g/mol. The lowest BCUT2D eigenvalue weighted by Gasteiger charge is -2.09. The van der Waals surface area contributed by atoms with Gasteiger partial charge in [0.15, 0.2) is 0 Å². The van der Waals surface area contributed by atoms with Crippen molar-refractivity contribution in [1.82, 2.24) is 20.2 Å². The highest BCUT2D eigenvalue weighted by Crippen LogP contribution is 2.16. The maximum absolute atomic E-state index is 5.81. The molecule has 3 aromatic rings. The highest BCUT2D eigenvalue weighted by Gasteiger charge is 1.99. The minimum Gasteiger partial charge on any atom is -0.490 e. The Kier molecular flexibility index (Phi) is 4.50. The second kappa shape index (κ2) is 6.91. The van der Waals surface area contributed by atoms with Gasteiger partial charge in [-0.25, -0.2) is 4.68 Å². The second-order valence-corrected chi connectivity index (χ2v) is 4.84. The van der Waals surface area contributed by atoms with Crippen molar-refractivity contribution in [2.24, 2.45) is 0 Å². The van der Waals surface area contributed by atoms with E-state index in [1.54, 1.807) is 16.8 Å². The lowest BCUT2D eigenvalue weighted by molar-refractivity contribution is 0.217. The van der Waals surface area contributed by atoms with E-state index < -0.39 is 0 Å². The number of benzene rings is 2. The quantitative estimate of drug-likeness (QED) is 0.654. The molecule has 6 nitrogen and oxygen atoms in total. The van der Waals surface area contributed by atoms with Gasteiger partial charge in [-0.05, 0) is 59.0 Å². The summed E-state index contributed by atoms with van der Waals surface area (Å²) < 4.78 is 12.7. The first-order valence-electron chi connectivity index (χ1n) is 6.66. The average Bonchev–Trinajstić information content (AvgIpc) is 3.08. The Morgan fingerprint density at radius 1 is 0.864 bits per heavy atom. The summed E-state index contributed by atoms with van der Waals surface area (Å²) in [7, 11) is 0. The van der Waals surface area contributed by atoms with Gasteiger partial charge in [-0.2, -0.15) is 0 Å². The highest BCUT2D eigenvalue weighted by molar-refractivity contribution is 6.30. The number of ether oxygens (including phenoxy) is 2. The van der Waals surface area contributed by atoms with Crippen LogP contribution in [0.1, 0.15) is 0 Å². The van der Waals surface area contributed by atoms with E-state index in [0.29, 0.717) is 18.2 Å². The van der Waals surface area contributed by atoms with E-state index in [0.717, 1.165) is 17.2 Å². The van der Waals surface area contributed by atoms with Crippen LogP contribution in [-0.4, -0.2) is 33.4 Å². The van der Waals surface area contributed by atoms with Crippen LogP contribution in [0.3, 0.4) is 0 Å². The van der Waals surface area contributed by atoms with Gasteiger partial charge < -0.3 is 9.47 Å². The van der Waals surface area contributed by atoms with E-state index in [-0.39, 0.29) is 0 Å². The number of rotatable bonds is 6. The van der Waals surface area contributed by atoms with Crippen LogP contribution in [0.4, 0.5) is 0 Å². The van der Waals surface area contributed by atoms with Gasteiger partial charge in [0.05, 0.1) is 5.69 Å². The minimum atomic E-state index is 0.451. The molecule has 0 N–H and O–H groups in total. The van der Waals surface area contributed by atoms with Crippen LogP contribution >= 0.6 is 11.6 Å². The van der Waals surface area contributed by atoms with Gasteiger partial charge in [0.2, 0.25) is 0 Å². The molecule has 22 heavy (non-hydrogen) atoms. The molecular formula is C15H13ClN4O2. The molecular weight excluding hydrogens is 304 g/mol. The zero-order valence-corrected chi connectivity index (χ0v) is 12.3. The molecule has 0 bridgehead atoms. The minimum absolute atomic E-state index is 0.451. The van der Waals surface area contributed by atoms with E-state index >= 15 is 0 Å². The predicted molar refractivity (Wildman–Crippen MR) is 81.6 cm³/mol. The Balaban J connectivity index is 1.46. The highest BCUT2D eigenvalue weighted by atomic mass is 35.5. The van der Waals surface area contributed by atoms with E-state index in [2.05, 4.69) is 15.5 Å². The molecule has 0 aliphatic carbocycles. The van der Waals surface area contributed by atoms with Crippen LogP contribution < -0.4 is 9.47 Å². The molecule has 7 heteroatoms. The Bertz CT molecular complexity index is 699. The van der Waals surface area contributed by atoms with Gasteiger partial charge in [-0.1, -0.05) is 11.6 Å². The topological polar surface area (TPSA) is 62.1 Å². The third kappa shape index (κ3) is 3.73. The van der Waals surface area contributed by atoms with Gasteiger partial charge in [-0.15, -0.1) is 5.10 Å². The van der Waals surface area contributed by atoms with Crippen LogP contribution in [-0.2, 0) is 0 Å². The number of hydrogen-bond donors (Lipinski definition) is 0. The van der Waals surface area contributed by atoms with Crippen molar-refractivity contribution in [1.29, 1.82) is 0 Å². The molecule has 0 spiro atoms. The predicted octanol–water partition coefficient (Wildman–Crippen LogP) is 2.77. The summed E-state index contributed by atoms with van der Waals surface area (Å²) in [4.78, 5) is 0. The van der Waals surface area contributed by atoms with Crippen molar-refractivity contribution >= 4 is 11.6 Å². The summed E-state index contributed by atoms with van der Waals surface area (Å²) in [6.07, 6.45) is 1.54. The van der Waals surface area contributed by atoms with E-state index in [1.807, 2.05) is 36.4 Å². The van der Waals surface area contributed by atoms with Crippen LogP contribution in [0.2, 0.25) is 5.02 Å². The fraction of sp³-hybridized carbons (Fsp3) is 0.133. The fourth-order valence-electron chi connectivity index (χ4n) is 1.82. The fourth-order valence-corrected chi connectivity index (χ4v) is 1.95. The molecule has 0 atom stereocenters. The number of aromatic nitrogens is 4. The SMILES string of the molecule is Clc1ccc(OCCOc2ccc(-n3cnnn3)cc2)cc1.